The first-order chi connectivity index (χ1) is 8.25. The predicted molar refractivity (Wildman–Crippen MR) is 72.3 cm³/mol. The third-order valence-corrected chi connectivity index (χ3v) is 4.13. The van der Waals surface area contributed by atoms with Gasteiger partial charge in [-0.25, -0.2) is 0 Å². The lowest BCUT2D eigenvalue weighted by molar-refractivity contribution is -0.114. The van der Waals surface area contributed by atoms with E-state index in [0.717, 1.165) is 12.2 Å². The van der Waals surface area contributed by atoms with E-state index in [0.29, 0.717) is 6.04 Å². The van der Waals surface area contributed by atoms with E-state index in [9.17, 15) is 4.79 Å². The zero-order valence-corrected chi connectivity index (χ0v) is 11.1. The quantitative estimate of drug-likeness (QED) is 0.864. The van der Waals surface area contributed by atoms with Crippen molar-refractivity contribution in [1.29, 1.82) is 0 Å². The summed E-state index contributed by atoms with van der Waals surface area (Å²) >= 11 is 1.70. The van der Waals surface area contributed by atoms with Crippen LogP contribution in [0.15, 0.2) is 11.4 Å². The lowest BCUT2D eigenvalue weighted by atomic mass is 9.95. The number of carbonyl (C=O) groups excluding carboxylic acids is 1. The van der Waals surface area contributed by atoms with Crippen LogP contribution in [0.1, 0.15) is 43.9 Å². The molecule has 0 unspecified atom stereocenters. The fraction of sp³-hybridized carbons (Fsp3) is 0.615. The number of hydrogen-bond donors (Lipinski definition) is 2. The minimum absolute atomic E-state index is 0.00214. The van der Waals surface area contributed by atoms with Crippen LogP contribution in [0, 0.1) is 0 Å². The molecule has 1 aliphatic carbocycles. The molecule has 1 aromatic rings. The van der Waals surface area contributed by atoms with Crippen LogP contribution in [0.3, 0.4) is 0 Å². The van der Waals surface area contributed by atoms with Crippen molar-refractivity contribution in [3.63, 3.8) is 0 Å². The zero-order valence-electron chi connectivity index (χ0n) is 10.3. The molecule has 3 nitrogen and oxygen atoms in total. The molecule has 2 N–H and O–H groups in total. The lowest BCUT2D eigenvalue weighted by Gasteiger charge is -2.22. The van der Waals surface area contributed by atoms with Crippen molar-refractivity contribution in [3.05, 3.63) is 16.3 Å². The molecular formula is C13H20N2OS. The van der Waals surface area contributed by atoms with Crippen LogP contribution >= 0.6 is 11.3 Å². The Hall–Kier alpha value is -0.870. The summed E-state index contributed by atoms with van der Waals surface area (Å²) in [5.74, 6) is 0.00214. The Labute approximate surface area is 107 Å². The molecule has 1 saturated carbocycles. The highest BCUT2D eigenvalue weighted by Crippen LogP contribution is 2.23. The summed E-state index contributed by atoms with van der Waals surface area (Å²) in [6.45, 7) is 2.42. The molecule has 0 bridgehead atoms. The lowest BCUT2D eigenvalue weighted by Crippen LogP contribution is -2.30. The van der Waals surface area contributed by atoms with E-state index in [1.165, 1.54) is 37.0 Å². The van der Waals surface area contributed by atoms with Gasteiger partial charge in [0.2, 0.25) is 5.91 Å². The number of rotatable bonds is 4. The van der Waals surface area contributed by atoms with Gasteiger partial charge in [-0.3, -0.25) is 4.79 Å². The zero-order chi connectivity index (χ0) is 12.1. The molecule has 1 amide bonds. The van der Waals surface area contributed by atoms with Gasteiger partial charge in [-0.1, -0.05) is 19.3 Å². The molecule has 0 radical (unpaired) electrons. The maximum atomic E-state index is 11.0. The van der Waals surface area contributed by atoms with Gasteiger partial charge >= 0.3 is 0 Å². The van der Waals surface area contributed by atoms with Gasteiger partial charge in [0.1, 0.15) is 0 Å². The topological polar surface area (TPSA) is 41.1 Å². The Kier molecular flexibility index (Phi) is 4.57. The SMILES string of the molecule is CC(=O)Nc1ccsc1CNC1CCCCC1. The van der Waals surface area contributed by atoms with Crippen molar-refractivity contribution in [3.8, 4) is 0 Å². The summed E-state index contributed by atoms with van der Waals surface area (Å²) < 4.78 is 0. The predicted octanol–water partition coefficient (Wildman–Crippen LogP) is 3.13. The summed E-state index contributed by atoms with van der Waals surface area (Å²) in [6.07, 6.45) is 6.66. The molecule has 0 aromatic carbocycles. The Morgan fingerprint density at radius 3 is 2.88 bits per heavy atom. The van der Waals surface area contributed by atoms with Gasteiger partial charge in [0.25, 0.3) is 0 Å². The summed E-state index contributed by atoms with van der Waals surface area (Å²) in [5.41, 5.74) is 0.964. The molecule has 1 fully saturated rings. The van der Waals surface area contributed by atoms with Gasteiger partial charge in [-0.2, -0.15) is 0 Å². The van der Waals surface area contributed by atoms with Crippen LogP contribution in [-0.4, -0.2) is 11.9 Å². The summed E-state index contributed by atoms with van der Waals surface area (Å²) in [5, 5.41) is 8.50. The van der Waals surface area contributed by atoms with Gasteiger partial charge in [0, 0.05) is 24.4 Å². The van der Waals surface area contributed by atoms with E-state index in [1.54, 1.807) is 18.3 Å². The van der Waals surface area contributed by atoms with Gasteiger partial charge in [-0.05, 0) is 24.3 Å². The second-order valence-corrected chi connectivity index (χ2v) is 5.66. The molecule has 0 aliphatic heterocycles. The Bertz CT molecular complexity index is 369. The third kappa shape index (κ3) is 3.82. The fourth-order valence-electron chi connectivity index (χ4n) is 2.32. The first-order valence-corrected chi connectivity index (χ1v) is 7.21. The molecule has 17 heavy (non-hydrogen) atoms. The highest BCUT2D eigenvalue weighted by molar-refractivity contribution is 7.10. The molecular weight excluding hydrogens is 232 g/mol. The maximum absolute atomic E-state index is 11.0. The standard InChI is InChI=1S/C13H20N2OS/c1-10(16)15-12-7-8-17-13(12)9-14-11-5-3-2-4-6-11/h7-8,11,14H,2-6,9H2,1H3,(H,15,16). The third-order valence-electron chi connectivity index (χ3n) is 3.21. The van der Waals surface area contributed by atoms with Crippen LogP contribution in [0.5, 0.6) is 0 Å². The first-order valence-electron chi connectivity index (χ1n) is 6.33. The van der Waals surface area contributed by atoms with Crippen molar-refractivity contribution in [2.24, 2.45) is 0 Å². The molecule has 0 spiro atoms. The van der Waals surface area contributed by atoms with E-state index in [2.05, 4.69) is 10.6 Å². The van der Waals surface area contributed by atoms with Crippen molar-refractivity contribution >= 4 is 22.9 Å². The Morgan fingerprint density at radius 1 is 1.41 bits per heavy atom. The van der Waals surface area contributed by atoms with Crippen molar-refractivity contribution in [1.82, 2.24) is 5.32 Å². The van der Waals surface area contributed by atoms with Gasteiger partial charge in [0.05, 0.1) is 5.69 Å². The second-order valence-electron chi connectivity index (χ2n) is 4.65. The normalized spacial score (nSPS) is 17.0. The second kappa shape index (κ2) is 6.17. The van der Waals surface area contributed by atoms with Crippen molar-refractivity contribution in [2.45, 2.75) is 51.6 Å². The van der Waals surface area contributed by atoms with Crippen LogP contribution < -0.4 is 10.6 Å². The minimum atomic E-state index is 0.00214. The average Bonchev–Trinajstić information content (AvgIpc) is 2.74. The van der Waals surface area contributed by atoms with E-state index in [-0.39, 0.29) is 5.91 Å². The summed E-state index contributed by atoms with van der Waals surface area (Å²) in [6, 6.07) is 2.64. The van der Waals surface area contributed by atoms with E-state index < -0.39 is 0 Å². The Morgan fingerprint density at radius 2 is 2.18 bits per heavy atom. The molecule has 0 saturated heterocycles. The Balaban J connectivity index is 1.85. The van der Waals surface area contributed by atoms with E-state index in [1.807, 2.05) is 11.4 Å². The van der Waals surface area contributed by atoms with Gasteiger partial charge < -0.3 is 10.6 Å². The average molecular weight is 252 g/mol. The molecule has 1 aromatic heterocycles. The highest BCUT2D eigenvalue weighted by Gasteiger charge is 2.13. The molecule has 94 valence electrons. The summed E-state index contributed by atoms with van der Waals surface area (Å²) in [7, 11) is 0. The highest BCUT2D eigenvalue weighted by atomic mass is 32.1. The number of hydrogen-bond acceptors (Lipinski definition) is 3. The number of anilines is 1. The monoisotopic (exact) mass is 252 g/mol. The number of amides is 1. The van der Waals surface area contributed by atoms with Crippen LogP contribution in [0.25, 0.3) is 0 Å². The maximum Gasteiger partial charge on any atom is 0.221 e. The number of carbonyl (C=O) groups is 1. The molecule has 1 aliphatic rings. The van der Waals surface area contributed by atoms with Crippen LogP contribution in [0.4, 0.5) is 5.69 Å². The minimum Gasteiger partial charge on any atom is -0.325 e. The van der Waals surface area contributed by atoms with Crippen LogP contribution in [-0.2, 0) is 11.3 Å². The summed E-state index contributed by atoms with van der Waals surface area (Å²) in [4.78, 5) is 12.3. The van der Waals surface area contributed by atoms with Gasteiger partial charge in [0.15, 0.2) is 0 Å². The molecule has 1 heterocycles. The van der Waals surface area contributed by atoms with Crippen molar-refractivity contribution in [2.75, 3.05) is 5.32 Å². The molecule has 0 atom stereocenters. The molecule has 2 rings (SSSR count). The van der Waals surface area contributed by atoms with Crippen LogP contribution in [0.2, 0.25) is 0 Å². The fourth-order valence-corrected chi connectivity index (χ4v) is 3.10. The smallest absolute Gasteiger partial charge is 0.221 e. The number of thiophene rings is 1. The largest absolute Gasteiger partial charge is 0.325 e. The first kappa shape index (κ1) is 12.6. The van der Waals surface area contributed by atoms with E-state index >= 15 is 0 Å². The molecule has 4 heteroatoms. The van der Waals surface area contributed by atoms with E-state index in [4.69, 9.17) is 0 Å². The number of nitrogens with one attached hydrogen (secondary N) is 2. The van der Waals surface area contributed by atoms with Crippen molar-refractivity contribution < 1.29 is 4.79 Å². The van der Waals surface area contributed by atoms with Gasteiger partial charge in [-0.15, -0.1) is 11.3 Å².